The van der Waals surface area contributed by atoms with Crippen LogP contribution in [0, 0.1) is 5.82 Å². The van der Waals surface area contributed by atoms with E-state index in [-0.39, 0.29) is 16.5 Å². The molecule has 6 nitrogen and oxygen atoms in total. The predicted octanol–water partition coefficient (Wildman–Crippen LogP) is 1.60. The highest BCUT2D eigenvalue weighted by Gasteiger charge is 2.22. The van der Waals surface area contributed by atoms with Gasteiger partial charge in [-0.3, -0.25) is 9.40 Å². The van der Waals surface area contributed by atoms with Gasteiger partial charge in [-0.05, 0) is 12.1 Å². The number of anilines is 2. The van der Waals surface area contributed by atoms with Gasteiger partial charge >= 0.3 is 0 Å². The molecule has 0 spiro atoms. The highest BCUT2D eigenvalue weighted by molar-refractivity contribution is 7.92. The van der Waals surface area contributed by atoms with Crippen LogP contribution in [0.2, 0.25) is 5.02 Å². The highest BCUT2D eigenvalue weighted by Crippen LogP contribution is 2.26. The van der Waals surface area contributed by atoms with Gasteiger partial charge < -0.3 is 5.73 Å². The fourth-order valence-corrected chi connectivity index (χ4v) is 2.86. The van der Waals surface area contributed by atoms with Crippen molar-refractivity contribution in [2.45, 2.75) is 4.90 Å². The molecule has 0 atom stereocenters. The van der Waals surface area contributed by atoms with Crippen molar-refractivity contribution in [1.82, 2.24) is 9.78 Å². The Hall–Kier alpha value is -1.80. The van der Waals surface area contributed by atoms with Crippen LogP contribution in [0.25, 0.3) is 0 Å². The Morgan fingerprint density at radius 3 is 2.74 bits per heavy atom. The standard InChI is InChI=1S/C10H10ClFN4O2S/c1-16-3-2-9(14-16)15-19(17,18)8-5-6(11)4-7(13)10(8)12/h2-5H,13H2,1H3,(H,14,15). The number of rotatable bonds is 3. The first-order valence-electron chi connectivity index (χ1n) is 5.06. The first-order chi connectivity index (χ1) is 8.79. The van der Waals surface area contributed by atoms with Crippen molar-refractivity contribution in [1.29, 1.82) is 0 Å². The van der Waals surface area contributed by atoms with Crippen LogP contribution in [0.5, 0.6) is 0 Å². The van der Waals surface area contributed by atoms with Crippen molar-refractivity contribution >= 4 is 33.1 Å². The zero-order valence-electron chi connectivity index (χ0n) is 9.76. The first-order valence-corrected chi connectivity index (χ1v) is 6.93. The van der Waals surface area contributed by atoms with E-state index in [1.807, 2.05) is 0 Å². The fraction of sp³-hybridized carbons (Fsp3) is 0.100. The lowest BCUT2D eigenvalue weighted by Gasteiger charge is -2.08. The largest absolute Gasteiger partial charge is 0.396 e. The van der Waals surface area contributed by atoms with Gasteiger partial charge in [0.05, 0.1) is 5.69 Å². The van der Waals surface area contributed by atoms with Crippen LogP contribution < -0.4 is 10.5 Å². The summed E-state index contributed by atoms with van der Waals surface area (Å²) in [5.41, 5.74) is 5.01. The number of nitrogens with zero attached hydrogens (tertiary/aromatic N) is 2. The molecular formula is C10H10ClFN4O2S. The lowest BCUT2D eigenvalue weighted by atomic mass is 10.3. The van der Waals surface area contributed by atoms with Gasteiger partial charge in [0.1, 0.15) is 4.90 Å². The molecule has 0 aliphatic carbocycles. The van der Waals surface area contributed by atoms with E-state index in [0.717, 1.165) is 12.1 Å². The molecule has 3 N–H and O–H groups in total. The zero-order chi connectivity index (χ0) is 14.2. The summed E-state index contributed by atoms with van der Waals surface area (Å²) in [4.78, 5) is -0.622. The molecule has 1 heterocycles. The zero-order valence-corrected chi connectivity index (χ0v) is 11.3. The van der Waals surface area contributed by atoms with Gasteiger partial charge in [-0.25, -0.2) is 12.8 Å². The van der Waals surface area contributed by atoms with Gasteiger partial charge in [0.25, 0.3) is 10.0 Å². The smallest absolute Gasteiger partial charge is 0.266 e. The maximum Gasteiger partial charge on any atom is 0.266 e. The number of halogens is 2. The second-order valence-electron chi connectivity index (χ2n) is 3.79. The van der Waals surface area contributed by atoms with Gasteiger partial charge in [-0.15, -0.1) is 0 Å². The van der Waals surface area contributed by atoms with Crippen molar-refractivity contribution in [3.05, 3.63) is 35.2 Å². The van der Waals surface area contributed by atoms with Crippen LogP contribution in [0.3, 0.4) is 0 Å². The number of nitrogen functional groups attached to an aromatic ring is 1. The molecule has 0 saturated heterocycles. The van der Waals surface area contributed by atoms with Gasteiger partial charge in [-0.2, -0.15) is 5.10 Å². The summed E-state index contributed by atoms with van der Waals surface area (Å²) in [5.74, 6) is -0.978. The van der Waals surface area contributed by atoms with Crippen molar-refractivity contribution in [3.8, 4) is 0 Å². The Bertz CT molecular complexity index is 729. The summed E-state index contributed by atoms with van der Waals surface area (Å²) in [6, 6.07) is 3.55. The van der Waals surface area contributed by atoms with E-state index in [1.165, 1.54) is 10.7 Å². The fourth-order valence-electron chi connectivity index (χ4n) is 1.44. The Morgan fingerprint density at radius 1 is 1.47 bits per heavy atom. The van der Waals surface area contributed by atoms with E-state index in [4.69, 9.17) is 17.3 Å². The summed E-state index contributed by atoms with van der Waals surface area (Å²) in [7, 11) is -2.52. The SMILES string of the molecule is Cn1ccc(NS(=O)(=O)c2cc(Cl)cc(N)c2F)n1. The number of sulfonamides is 1. The van der Waals surface area contributed by atoms with Crippen LogP contribution in [-0.2, 0) is 17.1 Å². The molecule has 0 fully saturated rings. The van der Waals surface area contributed by atoms with Gasteiger partial charge in [0, 0.05) is 24.3 Å². The summed E-state index contributed by atoms with van der Waals surface area (Å²) in [6.45, 7) is 0. The summed E-state index contributed by atoms with van der Waals surface area (Å²) < 4.78 is 41.3. The molecule has 9 heteroatoms. The molecule has 1 aromatic carbocycles. The molecule has 2 aromatic rings. The predicted molar refractivity (Wildman–Crippen MR) is 69.8 cm³/mol. The van der Waals surface area contributed by atoms with E-state index in [1.54, 1.807) is 13.2 Å². The third-order valence-corrected chi connectivity index (χ3v) is 3.85. The van der Waals surface area contributed by atoms with Crippen molar-refractivity contribution in [3.63, 3.8) is 0 Å². The van der Waals surface area contributed by atoms with Crippen LogP contribution in [0.1, 0.15) is 0 Å². The van der Waals surface area contributed by atoms with E-state index in [0.29, 0.717) is 0 Å². The number of hydrogen-bond acceptors (Lipinski definition) is 4. The maximum atomic E-state index is 13.8. The second kappa shape index (κ2) is 4.71. The molecule has 1 aromatic heterocycles. The van der Waals surface area contributed by atoms with Crippen LogP contribution in [0.15, 0.2) is 29.3 Å². The maximum absolute atomic E-state index is 13.8. The van der Waals surface area contributed by atoms with Crippen LogP contribution in [0.4, 0.5) is 15.9 Å². The van der Waals surface area contributed by atoms with E-state index in [9.17, 15) is 12.8 Å². The second-order valence-corrected chi connectivity index (χ2v) is 5.87. The minimum atomic E-state index is -4.14. The van der Waals surface area contributed by atoms with E-state index in [2.05, 4.69) is 9.82 Å². The number of hydrogen-bond donors (Lipinski definition) is 2. The Labute approximate surface area is 114 Å². The summed E-state index contributed by atoms with van der Waals surface area (Å²) >= 11 is 5.68. The molecule has 0 bridgehead atoms. The summed E-state index contributed by atoms with van der Waals surface area (Å²) in [6.07, 6.45) is 1.54. The number of nitrogens with two attached hydrogens (primary N) is 1. The van der Waals surface area contributed by atoms with Gasteiger partial charge in [0.2, 0.25) is 0 Å². The molecule has 0 saturated carbocycles. The molecule has 0 aliphatic heterocycles. The molecule has 0 aliphatic rings. The highest BCUT2D eigenvalue weighted by atomic mass is 35.5. The number of nitrogens with one attached hydrogen (secondary N) is 1. The molecule has 0 unspecified atom stereocenters. The van der Waals surface area contributed by atoms with Crippen molar-refractivity contribution in [2.24, 2.45) is 7.05 Å². The monoisotopic (exact) mass is 304 g/mol. The number of aromatic nitrogens is 2. The van der Waals surface area contributed by atoms with Gasteiger partial charge in [-0.1, -0.05) is 11.6 Å². The quantitative estimate of drug-likeness (QED) is 0.843. The van der Waals surface area contributed by atoms with E-state index >= 15 is 0 Å². The average molecular weight is 305 g/mol. The topological polar surface area (TPSA) is 90.0 Å². The third kappa shape index (κ3) is 2.79. The van der Waals surface area contributed by atoms with Crippen LogP contribution in [-0.4, -0.2) is 18.2 Å². The Morgan fingerprint density at radius 2 is 2.16 bits per heavy atom. The Kier molecular flexibility index (Phi) is 3.38. The average Bonchev–Trinajstić information content (AvgIpc) is 2.68. The number of aryl methyl sites for hydroxylation is 1. The lowest BCUT2D eigenvalue weighted by molar-refractivity contribution is 0.572. The molecule has 2 rings (SSSR count). The minimum Gasteiger partial charge on any atom is -0.396 e. The normalized spacial score (nSPS) is 11.5. The number of benzene rings is 1. The van der Waals surface area contributed by atoms with Crippen LogP contribution >= 0.6 is 11.6 Å². The molecule has 0 radical (unpaired) electrons. The lowest BCUT2D eigenvalue weighted by Crippen LogP contribution is -2.16. The van der Waals surface area contributed by atoms with Crippen molar-refractivity contribution < 1.29 is 12.8 Å². The molecule has 19 heavy (non-hydrogen) atoms. The third-order valence-electron chi connectivity index (χ3n) is 2.27. The summed E-state index contributed by atoms with van der Waals surface area (Å²) in [5, 5.41) is 3.86. The Balaban J connectivity index is 2.45. The molecule has 102 valence electrons. The minimum absolute atomic E-state index is 0.0281. The van der Waals surface area contributed by atoms with Crippen molar-refractivity contribution in [2.75, 3.05) is 10.5 Å². The molecular weight excluding hydrogens is 295 g/mol. The molecule has 0 amide bonds. The van der Waals surface area contributed by atoms with E-state index < -0.39 is 20.7 Å². The first kappa shape index (κ1) is 13.6. The van der Waals surface area contributed by atoms with Gasteiger partial charge in [0.15, 0.2) is 11.6 Å².